The molecule has 0 saturated carbocycles. The van der Waals surface area contributed by atoms with Crippen molar-refractivity contribution in [2.75, 3.05) is 46.4 Å². The first-order chi connectivity index (χ1) is 15.5. The van der Waals surface area contributed by atoms with E-state index in [-0.39, 0.29) is 11.3 Å². The fourth-order valence-corrected chi connectivity index (χ4v) is 4.19. The second-order valence-corrected chi connectivity index (χ2v) is 7.86. The molecule has 0 bridgehead atoms. The Morgan fingerprint density at radius 2 is 1.72 bits per heavy atom. The number of hydrogen-bond acceptors (Lipinski definition) is 6. The third-order valence-electron chi connectivity index (χ3n) is 5.96. The normalized spacial score (nSPS) is 21.2. The predicted octanol–water partition coefficient (Wildman–Crippen LogP) is 2.16. The molecule has 7 nitrogen and oxygen atoms in total. The maximum atomic E-state index is 13.6. The van der Waals surface area contributed by atoms with Crippen LogP contribution in [0.25, 0.3) is 5.76 Å². The van der Waals surface area contributed by atoms with E-state index >= 15 is 0 Å². The van der Waals surface area contributed by atoms with E-state index in [2.05, 4.69) is 10.2 Å². The Labute approximate surface area is 186 Å². The summed E-state index contributed by atoms with van der Waals surface area (Å²) in [6, 6.07) is 11.5. The number of aliphatic hydroxyl groups is 1. The molecule has 8 heteroatoms. The molecule has 2 aromatic carbocycles. The van der Waals surface area contributed by atoms with Crippen molar-refractivity contribution in [3.05, 3.63) is 71.0 Å². The van der Waals surface area contributed by atoms with Crippen LogP contribution in [0.2, 0.25) is 0 Å². The van der Waals surface area contributed by atoms with Crippen molar-refractivity contribution in [1.82, 2.24) is 15.1 Å². The van der Waals surface area contributed by atoms with Crippen LogP contribution in [0.4, 0.5) is 4.39 Å². The van der Waals surface area contributed by atoms with Crippen molar-refractivity contribution in [2.24, 2.45) is 0 Å². The number of ketones is 1. The number of Topliss-reactive ketones (excluding diaryl/α,β-unsaturated/α-hetero) is 1. The molecule has 1 atom stereocenters. The number of rotatable bonds is 6. The van der Waals surface area contributed by atoms with Gasteiger partial charge in [0.1, 0.15) is 17.3 Å². The number of aliphatic hydroxyl groups excluding tert-OH is 1. The van der Waals surface area contributed by atoms with Crippen LogP contribution in [-0.4, -0.2) is 73.0 Å². The van der Waals surface area contributed by atoms with E-state index in [9.17, 15) is 19.1 Å². The minimum absolute atomic E-state index is 0.00656. The van der Waals surface area contributed by atoms with Crippen LogP contribution in [0.3, 0.4) is 0 Å². The summed E-state index contributed by atoms with van der Waals surface area (Å²) in [4.78, 5) is 29.7. The number of carbonyl (C=O) groups excluding carboxylic acids is 2. The average molecular weight is 439 g/mol. The molecule has 4 rings (SSSR count). The minimum atomic E-state index is -0.791. The first kappa shape index (κ1) is 22.0. The number of likely N-dealkylation sites (tertiary alicyclic amines) is 1. The van der Waals surface area contributed by atoms with Gasteiger partial charge in [-0.15, -0.1) is 0 Å². The number of piperazine rings is 1. The quantitative estimate of drug-likeness (QED) is 0.408. The second-order valence-electron chi connectivity index (χ2n) is 7.86. The molecular formula is C24H26FN3O4. The number of halogens is 1. The van der Waals surface area contributed by atoms with Crippen LogP contribution >= 0.6 is 0 Å². The van der Waals surface area contributed by atoms with Gasteiger partial charge in [-0.1, -0.05) is 12.1 Å². The van der Waals surface area contributed by atoms with Crippen LogP contribution < -0.4 is 10.1 Å². The van der Waals surface area contributed by atoms with Crippen LogP contribution in [-0.2, 0) is 9.59 Å². The number of nitrogens with one attached hydrogen (secondary N) is 1. The summed E-state index contributed by atoms with van der Waals surface area (Å²) in [5.41, 5.74) is 0.978. The Kier molecular flexibility index (Phi) is 6.53. The number of amides is 1. The lowest BCUT2D eigenvalue weighted by Gasteiger charge is -2.31. The highest BCUT2D eigenvalue weighted by atomic mass is 19.1. The molecule has 32 heavy (non-hydrogen) atoms. The first-order valence-corrected chi connectivity index (χ1v) is 10.6. The Balaban J connectivity index is 1.71. The number of hydrogen-bond donors (Lipinski definition) is 2. The molecule has 2 saturated heterocycles. The Morgan fingerprint density at radius 3 is 2.34 bits per heavy atom. The first-order valence-electron chi connectivity index (χ1n) is 10.6. The lowest BCUT2D eigenvalue weighted by molar-refractivity contribution is -0.140. The summed E-state index contributed by atoms with van der Waals surface area (Å²) < 4.78 is 18.7. The molecular weight excluding hydrogens is 413 g/mol. The third-order valence-corrected chi connectivity index (χ3v) is 5.96. The van der Waals surface area contributed by atoms with Gasteiger partial charge >= 0.3 is 0 Å². The molecule has 2 fully saturated rings. The van der Waals surface area contributed by atoms with E-state index in [0.717, 1.165) is 26.2 Å². The summed E-state index contributed by atoms with van der Waals surface area (Å²) >= 11 is 0. The molecule has 168 valence electrons. The van der Waals surface area contributed by atoms with E-state index in [1.54, 1.807) is 36.4 Å². The summed E-state index contributed by atoms with van der Waals surface area (Å²) in [5, 5.41) is 14.3. The van der Waals surface area contributed by atoms with E-state index in [0.29, 0.717) is 30.0 Å². The minimum Gasteiger partial charge on any atom is -0.507 e. The fraction of sp³-hybridized carbons (Fsp3) is 0.333. The molecule has 0 aromatic heterocycles. The molecule has 0 radical (unpaired) electrons. The van der Waals surface area contributed by atoms with E-state index < -0.39 is 23.5 Å². The maximum absolute atomic E-state index is 13.6. The zero-order chi connectivity index (χ0) is 22.7. The lowest BCUT2D eigenvalue weighted by atomic mass is 9.95. The summed E-state index contributed by atoms with van der Waals surface area (Å²) in [6.07, 6.45) is 0. The third kappa shape index (κ3) is 4.37. The van der Waals surface area contributed by atoms with Crippen LogP contribution in [0.1, 0.15) is 17.2 Å². The van der Waals surface area contributed by atoms with Crippen molar-refractivity contribution in [3.8, 4) is 5.75 Å². The highest BCUT2D eigenvalue weighted by Gasteiger charge is 2.46. The van der Waals surface area contributed by atoms with Gasteiger partial charge in [0.15, 0.2) is 0 Å². The molecule has 2 aromatic rings. The lowest BCUT2D eigenvalue weighted by Crippen LogP contribution is -2.46. The second kappa shape index (κ2) is 9.50. The predicted molar refractivity (Wildman–Crippen MR) is 118 cm³/mol. The standard InChI is InChI=1S/C24H26FN3O4/c1-32-19-8-4-17(5-9-19)22(29)20-21(16-2-6-18(25)7-3-16)28(24(31)23(20)30)15-14-27-12-10-26-11-13-27/h2-9,21,26,29H,10-15H2,1H3/t21-/m1/s1. The monoisotopic (exact) mass is 439 g/mol. The maximum Gasteiger partial charge on any atom is 0.295 e. The van der Waals surface area contributed by atoms with E-state index in [1.165, 1.54) is 24.1 Å². The van der Waals surface area contributed by atoms with Gasteiger partial charge in [-0.25, -0.2) is 4.39 Å². The van der Waals surface area contributed by atoms with Gasteiger partial charge in [-0.3, -0.25) is 14.5 Å². The zero-order valence-corrected chi connectivity index (χ0v) is 17.9. The number of carbonyl (C=O) groups is 2. The molecule has 0 spiro atoms. The average Bonchev–Trinajstić information content (AvgIpc) is 3.08. The Morgan fingerprint density at radius 1 is 1.06 bits per heavy atom. The highest BCUT2D eigenvalue weighted by molar-refractivity contribution is 6.46. The smallest absolute Gasteiger partial charge is 0.295 e. The zero-order valence-electron chi connectivity index (χ0n) is 17.9. The Hall–Kier alpha value is -3.23. The molecule has 2 N–H and O–H groups in total. The number of benzene rings is 2. The van der Waals surface area contributed by atoms with Gasteiger partial charge in [0.25, 0.3) is 11.7 Å². The number of methoxy groups -OCH3 is 1. The van der Waals surface area contributed by atoms with Crippen molar-refractivity contribution in [2.45, 2.75) is 6.04 Å². The highest BCUT2D eigenvalue weighted by Crippen LogP contribution is 2.39. The number of ether oxygens (including phenoxy) is 1. The van der Waals surface area contributed by atoms with Crippen molar-refractivity contribution in [1.29, 1.82) is 0 Å². The van der Waals surface area contributed by atoms with Crippen LogP contribution in [0.5, 0.6) is 5.75 Å². The molecule has 2 aliphatic heterocycles. The molecule has 2 heterocycles. The summed E-state index contributed by atoms with van der Waals surface area (Å²) in [5.74, 6) is -1.47. The van der Waals surface area contributed by atoms with E-state index in [1.807, 2.05) is 0 Å². The fourth-order valence-electron chi connectivity index (χ4n) is 4.19. The van der Waals surface area contributed by atoms with E-state index in [4.69, 9.17) is 4.74 Å². The van der Waals surface area contributed by atoms with Crippen molar-refractivity contribution >= 4 is 17.4 Å². The van der Waals surface area contributed by atoms with Gasteiger partial charge in [0, 0.05) is 44.8 Å². The molecule has 0 unspecified atom stereocenters. The van der Waals surface area contributed by atoms with Crippen molar-refractivity contribution < 1.29 is 23.8 Å². The largest absolute Gasteiger partial charge is 0.507 e. The van der Waals surface area contributed by atoms with Gasteiger partial charge < -0.3 is 20.1 Å². The van der Waals surface area contributed by atoms with Gasteiger partial charge in [0.2, 0.25) is 0 Å². The van der Waals surface area contributed by atoms with Crippen molar-refractivity contribution in [3.63, 3.8) is 0 Å². The van der Waals surface area contributed by atoms with Crippen LogP contribution in [0.15, 0.2) is 54.1 Å². The topological polar surface area (TPSA) is 82.1 Å². The summed E-state index contributed by atoms with van der Waals surface area (Å²) in [7, 11) is 1.54. The van der Waals surface area contributed by atoms with Gasteiger partial charge in [-0.05, 0) is 42.0 Å². The molecule has 2 aliphatic rings. The SMILES string of the molecule is COc1ccc(C(O)=C2C(=O)C(=O)N(CCN3CCNCC3)[C@@H]2c2ccc(F)cc2)cc1. The molecule has 0 aliphatic carbocycles. The van der Waals surface area contributed by atoms with Gasteiger partial charge in [0.05, 0.1) is 18.7 Å². The van der Waals surface area contributed by atoms with Crippen LogP contribution in [0, 0.1) is 5.82 Å². The Bertz CT molecular complexity index is 1010. The number of nitrogens with zero attached hydrogens (tertiary/aromatic N) is 2. The van der Waals surface area contributed by atoms with Gasteiger partial charge in [-0.2, -0.15) is 0 Å². The summed E-state index contributed by atoms with van der Waals surface area (Å²) in [6.45, 7) is 4.39. The molecule has 1 amide bonds.